The van der Waals surface area contributed by atoms with Crippen molar-refractivity contribution in [2.75, 3.05) is 47.5 Å². The van der Waals surface area contributed by atoms with Crippen LogP contribution in [0, 0.1) is 0 Å². The maximum atomic E-state index is 12.8. The molecule has 78 heavy (non-hydrogen) atoms. The van der Waals surface area contributed by atoms with Gasteiger partial charge >= 0.3 is 19.8 Å². The summed E-state index contributed by atoms with van der Waals surface area (Å²) in [5.74, 6) is -0.812. The zero-order chi connectivity index (χ0) is 57.0. The van der Waals surface area contributed by atoms with Gasteiger partial charge in [0.15, 0.2) is 6.10 Å². The van der Waals surface area contributed by atoms with E-state index < -0.39 is 26.5 Å². The van der Waals surface area contributed by atoms with Crippen LogP contribution < -0.4 is 0 Å². The lowest BCUT2D eigenvalue weighted by Crippen LogP contribution is -2.37. The fourth-order valence-corrected chi connectivity index (χ4v) is 8.92. The molecular weight excluding hydrogens is 990 g/mol. The predicted molar refractivity (Wildman–Crippen MR) is 334 cm³/mol. The van der Waals surface area contributed by atoms with Crippen molar-refractivity contribution in [1.82, 2.24) is 0 Å². The predicted octanol–water partition coefficient (Wildman–Crippen LogP) is 19.9. The van der Waals surface area contributed by atoms with Crippen molar-refractivity contribution >= 4 is 19.8 Å². The normalized spacial score (nSPS) is 14.1. The van der Waals surface area contributed by atoms with Gasteiger partial charge in [0.25, 0.3) is 0 Å². The molecular formula is C68H117NO8P+. The van der Waals surface area contributed by atoms with Gasteiger partial charge in [-0.3, -0.25) is 18.6 Å². The molecule has 0 aromatic rings. The molecule has 0 aliphatic carbocycles. The molecule has 0 saturated carbocycles. The molecule has 2 unspecified atom stereocenters. The first-order chi connectivity index (χ1) is 38.0. The Kier molecular flexibility index (Phi) is 55.4. The number of ether oxygens (including phenoxy) is 2. The van der Waals surface area contributed by atoms with E-state index in [1.807, 2.05) is 21.1 Å². The summed E-state index contributed by atoms with van der Waals surface area (Å²) in [5.41, 5.74) is 0. The van der Waals surface area contributed by atoms with Gasteiger partial charge in [0.2, 0.25) is 0 Å². The highest BCUT2D eigenvalue weighted by Gasteiger charge is 2.27. The summed E-state index contributed by atoms with van der Waals surface area (Å²) < 4.78 is 34.6. The van der Waals surface area contributed by atoms with Gasteiger partial charge in [-0.25, -0.2) is 4.57 Å². The molecule has 0 aliphatic rings. The molecule has 0 aromatic carbocycles. The Hall–Kier alpha value is -3.59. The fraction of sp³-hybridized carbons (Fsp3) is 0.676. The van der Waals surface area contributed by atoms with Crippen molar-refractivity contribution in [3.05, 3.63) is 122 Å². The lowest BCUT2D eigenvalue weighted by molar-refractivity contribution is -0.870. The summed E-state index contributed by atoms with van der Waals surface area (Å²) in [7, 11) is 1.46. The molecule has 0 saturated heterocycles. The number of rotatable bonds is 56. The molecule has 0 rings (SSSR count). The van der Waals surface area contributed by atoms with Crippen molar-refractivity contribution in [2.45, 2.75) is 251 Å². The van der Waals surface area contributed by atoms with Crippen LogP contribution in [0.5, 0.6) is 0 Å². The summed E-state index contributed by atoms with van der Waals surface area (Å²) in [6.45, 7) is 4.28. The number of phosphoric ester groups is 1. The quantitative estimate of drug-likeness (QED) is 0.0211. The highest BCUT2D eigenvalue weighted by molar-refractivity contribution is 7.47. The lowest BCUT2D eigenvalue weighted by atomic mass is 10.0. The van der Waals surface area contributed by atoms with Crippen LogP contribution in [-0.2, 0) is 32.7 Å². The van der Waals surface area contributed by atoms with Crippen LogP contribution in [0.3, 0.4) is 0 Å². The average molecular weight is 1110 g/mol. The minimum absolute atomic E-state index is 0.0250. The third-order valence-corrected chi connectivity index (χ3v) is 14.0. The SMILES string of the molecule is CC/C=C\C/C=C\C/C=C\C/C=C\C/C=C\C/C=C\C/C=C\C/C=C\CCCCCCCCCCCCCCC(=O)OC(COC(=O)CCCCCCCCC/C=C\C/C=C\CCCCC)COP(=O)(O)OCC[N+](C)(C)C. The number of nitrogens with zero attached hydrogens (tertiary/aromatic N) is 1. The number of esters is 2. The number of likely N-dealkylation sites (N-methyl/N-ethyl adjacent to an activating group) is 1. The van der Waals surface area contributed by atoms with Crippen molar-refractivity contribution < 1.29 is 42.1 Å². The van der Waals surface area contributed by atoms with Gasteiger partial charge in [0.05, 0.1) is 27.7 Å². The standard InChI is InChI=1S/C68H116NO8P/c1-6-8-10-12-14-16-18-20-22-24-25-26-27-28-29-30-31-32-33-34-35-36-37-38-39-40-41-42-43-45-47-49-51-53-55-57-59-61-68(71)77-66(65-76-78(72,73)75-63-62-69(3,4)5)64-74-67(70)60-58-56-54-52-50-48-46-44-23-21-19-17-15-13-11-9-7-2/h8,10,14-17,20-23,25-26,28-29,31-32,34-35,37-38,66H,6-7,9,11-13,18-19,24,27,30,33,36,39-65H2,1-5H3/p+1/b10-8-,16-14-,17-15-,22-20-,23-21-,26-25-,29-28-,32-31-,35-34-,38-37-. The molecule has 0 amide bonds. The number of carbonyl (C=O) groups excluding carboxylic acids is 2. The Bertz CT molecular complexity index is 1730. The molecule has 0 heterocycles. The first-order valence-corrected chi connectivity index (χ1v) is 32.8. The second kappa shape index (κ2) is 58.1. The molecule has 0 fully saturated rings. The number of hydrogen-bond donors (Lipinski definition) is 1. The zero-order valence-electron chi connectivity index (χ0n) is 50.6. The minimum atomic E-state index is -4.40. The van der Waals surface area contributed by atoms with Crippen LogP contribution in [0.25, 0.3) is 0 Å². The van der Waals surface area contributed by atoms with Gasteiger partial charge < -0.3 is 18.9 Å². The number of quaternary nitrogens is 1. The van der Waals surface area contributed by atoms with E-state index in [4.69, 9.17) is 18.5 Å². The molecule has 0 aliphatic heterocycles. The lowest BCUT2D eigenvalue weighted by Gasteiger charge is -2.24. The second-order valence-electron chi connectivity index (χ2n) is 21.7. The highest BCUT2D eigenvalue weighted by Crippen LogP contribution is 2.43. The highest BCUT2D eigenvalue weighted by atomic mass is 31.2. The maximum absolute atomic E-state index is 12.8. The average Bonchev–Trinajstić information content (AvgIpc) is 3.41. The van der Waals surface area contributed by atoms with Crippen LogP contribution in [0.15, 0.2) is 122 Å². The molecule has 1 N–H and O–H groups in total. The second-order valence-corrected chi connectivity index (χ2v) is 23.2. The Balaban J connectivity index is 4.10. The van der Waals surface area contributed by atoms with E-state index >= 15 is 0 Å². The van der Waals surface area contributed by atoms with E-state index in [1.54, 1.807) is 0 Å². The topological polar surface area (TPSA) is 108 Å². The van der Waals surface area contributed by atoms with Crippen LogP contribution in [0.4, 0.5) is 0 Å². The van der Waals surface area contributed by atoms with E-state index in [2.05, 4.69) is 135 Å². The monoisotopic (exact) mass is 1110 g/mol. The summed E-state index contributed by atoms with van der Waals surface area (Å²) >= 11 is 0. The molecule has 446 valence electrons. The Labute approximate surface area is 479 Å². The summed E-state index contributed by atoms with van der Waals surface area (Å²) in [5, 5.41) is 0. The van der Waals surface area contributed by atoms with Crippen LogP contribution >= 0.6 is 7.82 Å². The maximum Gasteiger partial charge on any atom is 0.472 e. The van der Waals surface area contributed by atoms with E-state index in [-0.39, 0.29) is 32.0 Å². The van der Waals surface area contributed by atoms with Crippen molar-refractivity contribution in [2.24, 2.45) is 0 Å². The van der Waals surface area contributed by atoms with Crippen LogP contribution in [0.1, 0.15) is 245 Å². The van der Waals surface area contributed by atoms with Gasteiger partial charge in [0.1, 0.15) is 19.8 Å². The summed E-state index contributed by atoms with van der Waals surface area (Å²) in [4.78, 5) is 35.7. The van der Waals surface area contributed by atoms with Crippen molar-refractivity contribution in [1.29, 1.82) is 0 Å². The number of unbranched alkanes of at least 4 members (excludes halogenated alkanes) is 22. The van der Waals surface area contributed by atoms with Crippen LogP contribution in [-0.4, -0.2) is 74.9 Å². The molecule has 2 atom stereocenters. The van der Waals surface area contributed by atoms with Crippen molar-refractivity contribution in [3.8, 4) is 0 Å². The summed E-state index contributed by atoms with van der Waals surface area (Å²) in [6, 6.07) is 0. The number of allylic oxidation sites excluding steroid dienone is 20. The first kappa shape index (κ1) is 74.4. The summed E-state index contributed by atoms with van der Waals surface area (Å²) in [6.07, 6.45) is 82.7. The number of carbonyl (C=O) groups is 2. The van der Waals surface area contributed by atoms with E-state index in [0.717, 1.165) is 109 Å². The molecule has 9 nitrogen and oxygen atoms in total. The molecule has 0 aromatic heterocycles. The zero-order valence-corrected chi connectivity index (χ0v) is 51.5. The smallest absolute Gasteiger partial charge is 0.462 e. The van der Waals surface area contributed by atoms with Gasteiger partial charge in [-0.2, -0.15) is 0 Å². The third-order valence-electron chi connectivity index (χ3n) is 13.0. The first-order valence-electron chi connectivity index (χ1n) is 31.3. The van der Waals surface area contributed by atoms with E-state index in [0.29, 0.717) is 17.4 Å². The molecule has 0 radical (unpaired) electrons. The Morgan fingerprint density at radius 3 is 1.09 bits per heavy atom. The number of hydrogen-bond acceptors (Lipinski definition) is 7. The fourth-order valence-electron chi connectivity index (χ4n) is 8.18. The van der Waals surface area contributed by atoms with Crippen molar-refractivity contribution in [3.63, 3.8) is 0 Å². The minimum Gasteiger partial charge on any atom is -0.462 e. The van der Waals surface area contributed by atoms with Crippen LogP contribution in [0.2, 0.25) is 0 Å². The Morgan fingerprint density at radius 2 is 0.731 bits per heavy atom. The Morgan fingerprint density at radius 1 is 0.410 bits per heavy atom. The van der Waals surface area contributed by atoms with Gasteiger partial charge in [-0.15, -0.1) is 0 Å². The number of phosphoric acid groups is 1. The van der Waals surface area contributed by atoms with E-state index in [1.165, 1.54) is 103 Å². The molecule has 10 heteroatoms. The molecule has 0 bridgehead atoms. The van der Waals surface area contributed by atoms with Gasteiger partial charge in [0, 0.05) is 12.8 Å². The molecule has 0 spiro atoms. The van der Waals surface area contributed by atoms with E-state index in [9.17, 15) is 19.0 Å². The van der Waals surface area contributed by atoms with Gasteiger partial charge in [-0.1, -0.05) is 245 Å². The third kappa shape index (κ3) is 61.6. The largest absolute Gasteiger partial charge is 0.472 e. The van der Waals surface area contributed by atoms with Gasteiger partial charge in [-0.05, 0) is 109 Å².